The normalized spacial score (nSPS) is 19.3. The van der Waals surface area contributed by atoms with Crippen LogP contribution in [0.3, 0.4) is 0 Å². The monoisotopic (exact) mass is 1680 g/mol. The molecule has 130 heavy (non-hydrogen) atoms. The maximum atomic E-state index is 8.00. The molecule has 0 N–H and O–H groups in total. The molecule has 3 atom stereocenters. The van der Waals surface area contributed by atoms with Gasteiger partial charge < -0.3 is 9.47 Å². The average molecular weight is 1680 g/mol. The summed E-state index contributed by atoms with van der Waals surface area (Å²) in [7, 11) is 2.69. The van der Waals surface area contributed by atoms with Crippen molar-refractivity contribution in [2.45, 2.75) is 301 Å². The van der Waals surface area contributed by atoms with Crippen LogP contribution < -0.4 is 9.47 Å². The van der Waals surface area contributed by atoms with Gasteiger partial charge in [-0.3, -0.25) is 4.90 Å². The maximum absolute atomic E-state index is 8.00. The van der Waals surface area contributed by atoms with Crippen LogP contribution in [0.2, 0.25) is 0 Å². The fourth-order valence-electron chi connectivity index (χ4n) is 38.2. The Bertz CT molecular complexity index is 9710. The van der Waals surface area contributed by atoms with Gasteiger partial charge in [-0.2, -0.15) is 0 Å². The fourth-order valence-corrected chi connectivity index (χ4v) is 38.2. The molecule has 1 aliphatic heterocycles. The van der Waals surface area contributed by atoms with E-state index in [1.54, 1.807) is 367 Å². The molecule has 0 radical (unpaired) electrons. The number of likely N-dealkylation sites (N-methyl/N-ethyl adjacent to an activating group) is 1. The van der Waals surface area contributed by atoms with E-state index in [2.05, 4.69) is 57.8 Å². The molecule has 39 rings (SSSR count). The van der Waals surface area contributed by atoms with Crippen LogP contribution in [0.4, 0.5) is 0 Å². The summed E-state index contributed by atoms with van der Waals surface area (Å²) in [5.74, 6) is 3.19. The summed E-state index contributed by atoms with van der Waals surface area (Å²) in [6.07, 6.45) is 54.5. The number of hydrogen-bond acceptors (Lipinski definition) is 3. The van der Waals surface area contributed by atoms with Crippen molar-refractivity contribution in [1.82, 2.24) is 4.90 Å². The molecular weight excluding hydrogens is 1570 g/mol. The Morgan fingerprint density at radius 2 is 0.377 bits per heavy atom. The van der Waals surface area contributed by atoms with Crippen LogP contribution in [0.15, 0.2) is 18.2 Å². The number of rotatable bonds is 47. The largest absolute Gasteiger partial charge is 0.493 e. The highest BCUT2D eigenvalue weighted by atomic mass is 16.5. The van der Waals surface area contributed by atoms with Crippen LogP contribution in [-0.4, -0.2) is 31.7 Å². The van der Waals surface area contributed by atoms with Gasteiger partial charge in [0.2, 0.25) is 0 Å². The number of hydrogen-bond donors (Lipinski definition) is 0. The summed E-state index contributed by atoms with van der Waals surface area (Å²) < 4.78 is 16.0. The first kappa shape index (κ1) is 68.9. The molecule has 1 saturated heterocycles. The molecule has 3 heteroatoms. The Morgan fingerprint density at radius 1 is 0.215 bits per heavy atom. The number of ether oxygens (including phenoxy) is 2. The summed E-state index contributed by atoms with van der Waals surface area (Å²) in [5, 5.41) is 107. The van der Waals surface area contributed by atoms with Crippen LogP contribution in [0.1, 0.15) is 318 Å². The van der Waals surface area contributed by atoms with Gasteiger partial charge in [0.15, 0.2) is 0 Å². The molecule has 0 aromatic heterocycles. The summed E-state index contributed by atoms with van der Waals surface area (Å²) in [5.41, 5.74) is 7.61. The molecule has 4 aliphatic carbocycles. The van der Waals surface area contributed by atoms with Crippen molar-refractivity contribution in [3.8, 4) is 11.5 Å². The van der Waals surface area contributed by atoms with Crippen LogP contribution >= 0.6 is 0 Å². The lowest BCUT2D eigenvalue weighted by molar-refractivity contribution is 0.212. The number of nitrogens with zero attached hydrogens (tertiary/aromatic N) is 1. The van der Waals surface area contributed by atoms with Crippen LogP contribution in [-0.2, 0) is 10.8 Å². The molecule has 0 bridgehead atoms. The van der Waals surface area contributed by atoms with Gasteiger partial charge in [-0.15, -0.1) is 0 Å². The first-order chi connectivity index (χ1) is 64.6. The summed E-state index contributed by atoms with van der Waals surface area (Å²) in [6, 6.07) is 7.89. The van der Waals surface area contributed by atoms with E-state index >= 15 is 0 Å². The van der Waals surface area contributed by atoms with Crippen LogP contribution in [0.5, 0.6) is 11.5 Å². The van der Waals surface area contributed by atoms with E-state index < -0.39 is 10.8 Å². The highest BCUT2D eigenvalue weighted by molar-refractivity contribution is 6.84. The maximum Gasteiger partial charge on any atom is 0.123 e. The first-order valence-corrected chi connectivity index (χ1v) is 54.2. The zero-order valence-corrected chi connectivity index (χ0v) is 76.6. The van der Waals surface area contributed by atoms with E-state index in [4.69, 9.17) is 9.47 Å². The molecule has 632 valence electrons. The predicted octanol–water partition coefficient (Wildman–Crippen LogP) is 38.6. The third-order valence-electron chi connectivity index (χ3n) is 41.7. The summed E-state index contributed by atoms with van der Waals surface area (Å²) in [4.78, 5) is 3.08. The fraction of sp³-hybridized carbons (Fsp3) is 0.417. The van der Waals surface area contributed by atoms with Crippen LogP contribution in [0, 0.1) is 11.8 Å². The number of unbranched alkanes of at least 4 members (excludes halogenated alkanes) is 32. The minimum absolute atomic E-state index is 0.0316. The molecule has 1 heterocycles. The Morgan fingerprint density at radius 3 is 0.562 bits per heavy atom. The minimum Gasteiger partial charge on any atom is -0.493 e. The molecule has 1 fully saturated rings. The van der Waals surface area contributed by atoms with E-state index in [1.165, 1.54) is 262 Å². The molecule has 3 nitrogen and oxygen atoms in total. The highest BCUT2D eigenvalue weighted by Crippen LogP contribution is 2.88. The smallest absolute Gasteiger partial charge is 0.123 e. The second-order valence-corrected chi connectivity index (χ2v) is 47.1. The van der Waals surface area contributed by atoms with Gasteiger partial charge in [-0.25, -0.2) is 0 Å². The number of benzene rings is 24. The van der Waals surface area contributed by atoms with Gasteiger partial charge in [-0.05, 0) is 429 Å². The second kappa shape index (κ2) is 21.9. The standard InChI is InChI=1S/C127H107NO2/c1-6-10-14-18-22-26-28-32-36-40-44-52(42-38-34-30-24-20-16-12-8-3)49-129-55-46-54(47-56(48-55)130-50-53(43-39-35-31-25-21-17-13-9-4)45-41-37-33-29-27-23-19-15-11-7-2)125-127-123-117-111-101-91-81-74-65-59-57-58-60-62-61(59)67-72(65)83(91)93-87-76(67)77-68(62)73-66(60)75-71-64(58)69-63(57)70(74)79-85-78(69)86-80(71)90-82(75)92-84(73)94-88(77)98-97(87)109(103(93)111)119(123)120-110(98)104(94)112-102(92)108-100(90)106-96(86)95(85)105-99(89(79)81)107(101)115(117)121-113(105)114(106)122(116(108)118(112)124(120)127)126(121,127)51-128(125)5/h46-48,52-53,125H,6-45,49-51H2,1-5H3. The van der Waals surface area contributed by atoms with E-state index in [9.17, 15) is 0 Å². The Hall–Kier alpha value is -10.1. The lowest BCUT2D eigenvalue weighted by atomic mass is 9.47. The van der Waals surface area contributed by atoms with Crippen molar-refractivity contribution < 1.29 is 9.47 Å². The van der Waals surface area contributed by atoms with Gasteiger partial charge in [0.1, 0.15) is 11.5 Å². The van der Waals surface area contributed by atoms with Crippen molar-refractivity contribution in [2.75, 3.05) is 26.8 Å². The topological polar surface area (TPSA) is 21.7 Å². The molecule has 0 saturated carbocycles. The lowest BCUT2D eigenvalue weighted by Crippen LogP contribution is -2.51. The van der Waals surface area contributed by atoms with Crippen LogP contribution in [0.25, 0.3) is 345 Å². The zero-order chi connectivity index (χ0) is 83.2. The average Bonchev–Trinajstić information content (AvgIpc) is 1.38. The van der Waals surface area contributed by atoms with E-state index in [-0.39, 0.29) is 6.04 Å². The van der Waals surface area contributed by atoms with E-state index in [0.717, 1.165) is 31.3 Å². The van der Waals surface area contributed by atoms with Gasteiger partial charge in [0.05, 0.1) is 24.0 Å². The molecule has 0 amide bonds. The minimum atomic E-state index is -0.513. The van der Waals surface area contributed by atoms with Crippen molar-refractivity contribution in [3.63, 3.8) is 0 Å². The van der Waals surface area contributed by atoms with Crippen molar-refractivity contribution in [2.24, 2.45) is 11.8 Å². The Balaban J connectivity index is 0.607. The SMILES string of the molecule is CCCCCCCCCCCCC(CCCCCCCCCC)COc1cc(OCC(CCCCCCCCCC)CCCCCCCCCCCC)cc(C2N(C)CC34c5c6c7c8c9c%10c(c%11c%12c3c3c5c5c%13c6c6c7c7c9c9c%14c%10c%10c%11c%11c%12c%12c3c3c5c5c%15c%13c%13c6c6c7c9c7c9c%14c%10c%10c%11c%11c%12c%12c3c5c3c5c%15c%13c%13c6c7c6c7c9c%10c9c%11c%12c3c(c97)c5c%136)C824)c1. The second-order valence-electron chi connectivity index (χ2n) is 47.1. The Labute approximate surface area is 751 Å². The third-order valence-corrected chi connectivity index (χ3v) is 41.7. The number of likely N-dealkylation sites (tertiary alicyclic amines) is 1. The van der Waals surface area contributed by atoms with Gasteiger partial charge in [-0.1, -0.05) is 259 Å². The molecule has 34 aromatic carbocycles. The zero-order valence-electron chi connectivity index (χ0n) is 76.6. The quantitative estimate of drug-likeness (QED) is 0.0216. The lowest BCUT2D eigenvalue weighted by Gasteiger charge is -2.52. The molecule has 2 spiro atoms. The van der Waals surface area contributed by atoms with Gasteiger partial charge in [0.25, 0.3) is 0 Å². The van der Waals surface area contributed by atoms with Crippen molar-refractivity contribution in [3.05, 3.63) is 46.0 Å². The first-order valence-electron chi connectivity index (χ1n) is 54.2. The van der Waals surface area contributed by atoms with Gasteiger partial charge >= 0.3 is 0 Å². The predicted molar refractivity (Wildman–Crippen MR) is 564 cm³/mol. The molecular formula is C127H107NO2. The third kappa shape index (κ3) is 6.25. The highest BCUT2D eigenvalue weighted by Gasteiger charge is 2.76. The molecule has 5 aliphatic rings. The molecule has 3 unspecified atom stereocenters. The summed E-state index contributed by atoms with van der Waals surface area (Å²) in [6.45, 7) is 12.0. The summed E-state index contributed by atoms with van der Waals surface area (Å²) >= 11 is 0. The van der Waals surface area contributed by atoms with E-state index in [1.807, 2.05) is 0 Å². The van der Waals surface area contributed by atoms with Crippen molar-refractivity contribution >= 4 is 345 Å². The van der Waals surface area contributed by atoms with E-state index in [0.29, 0.717) is 11.8 Å². The molecule has 34 aromatic rings. The Kier molecular flexibility index (Phi) is 11.6. The van der Waals surface area contributed by atoms with Gasteiger partial charge in [0, 0.05) is 18.7 Å². The van der Waals surface area contributed by atoms with Crippen molar-refractivity contribution in [1.29, 1.82) is 0 Å².